The lowest BCUT2D eigenvalue weighted by atomic mass is 10.2. The first-order valence-corrected chi connectivity index (χ1v) is 6.74. The third kappa shape index (κ3) is 3.97. The fourth-order valence-electron chi connectivity index (χ4n) is 1.33. The van der Waals surface area contributed by atoms with Crippen molar-refractivity contribution < 1.29 is 9.53 Å². The van der Waals surface area contributed by atoms with Crippen LogP contribution in [-0.2, 0) is 4.74 Å². The van der Waals surface area contributed by atoms with E-state index >= 15 is 0 Å². The molecule has 0 aliphatic carbocycles. The first-order valence-electron chi connectivity index (χ1n) is 5.76. The minimum absolute atomic E-state index is 0.392. The number of para-hydroxylation sites is 1. The van der Waals surface area contributed by atoms with Gasteiger partial charge >= 0.3 is 5.97 Å². The summed E-state index contributed by atoms with van der Waals surface area (Å²) in [5, 5.41) is 8.48. The summed E-state index contributed by atoms with van der Waals surface area (Å²) < 4.78 is 5.06. The van der Waals surface area contributed by atoms with Gasteiger partial charge in [0, 0.05) is 17.1 Å². The van der Waals surface area contributed by atoms with Crippen molar-refractivity contribution in [2.45, 2.75) is 24.7 Å². The van der Waals surface area contributed by atoms with Crippen LogP contribution in [0.3, 0.4) is 0 Å². The smallest absolute Gasteiger partial charge is 0.340 e. The molecule has 0 aliphatic rings. The molecule has 5 heteroatoms. The lowest BCUT2D eigenvalue weighted by Crippen LogP contribution is -2.09. The van der Waals surface area contributed by atoms with Gasteiger partial charge in [0.1, 0.15) is 0 Å². The maximum atomic E-state index is 11.7. The van der Waals surface area contributed by atoms with Gasteiger partial charge < -0.3 is 10.5 Å². The van der Waals surface area contributed by atoms with Crippen molar-refractivity contribution >= 4 is 23.4 Å². The second kappa shape index (κ2) is 7.62. The number of anilines is 1. The van der Waals surface area contributed by atoms with E-state index in [9.17, 15) is 4.79 Å². The van der Waals surface area contributed by atoms with E-state index in [0.29, 0.717) is 30.0 Å². The van der Waals surface area contributed by atoms with Gasteiger partial charge in [0.25, 0.3) is 0 Å². The number of nitrogens with two attached hydrogens (primary N) is 1. The predicted octanol–water partition coefficient (Wildman–Crippen LogP) is 2.84. The van der Waals surface area contributed by atoms with E-state index in [-0.39, 0.29) is 0 Å². The van der Waals surface area contributed by atoms with Gasteiger partial charge in [-0.05, 0) is 18.6 Å². The Labute approximate surface area is 111 Å². The summed E-state index contributed by atoms with van der Waals surface area (Å²) in [4.78, 5) is 12.6. The van der Waals surface area contributed by atoms with Crippen molar-refractivity contribution in [3.8, 4) is 6.07 Å². The molecular formula is C13H16N2O2S. The zero-order valence-electron chi connectivity index (χ0n) is 10.3. The molecule has 0 spiro atoms. The van der Waals surface area contributed by atoms with Crippen molar-refractivity contribution in [1.82, 2.24) is 0 Å². The molecule has 0 aliphatic heterocycles. The number of ether oxygens (including phenoxy) is 1. The second-order valence-electron chi connectivity index (χ2n) is 3.61. The molecule has 2 N–H and O–H groups in total. The van der Waals surface area contributed by atoms with Crippen molar-refractivity contribution in [3.05, 3.63) is 23.8 Å². The van der Waals surface area contributed by atoms with Crippen molar-refractivity contribution in [3.63, 3.8) is 0 Å². The number of carbonyl (C=O) groups excluding carboxylic acids is 1. The highest BCUT2D eigenvalue weighted by Gasteiger charge is 2.13. The molecule has 0 fully saturated rings. The van der Waals surface area contributed by atoms with Crippen LogP contribution in [0.4, 0.5) is 5.69 Å². The van der Waals surface area contributed by atoms with Crippen LogP contribution in [0.5, 0.6) is 0 Å². The molecule has 0 saturated heterocycles. The molecule has 96 valence electrons. The van der Waals surface area contributed by atoms with Gasteiger partial charge in [0.2, 0.25) is 0 Å². The Bertz CT molecular complexity index is 455. The van der Waals surface area contributed by atoms with Crippen LogP contribution in [0.15, 0.2) is 23.1 Å². The van der Waals surface area contributed by atoms with Gasteiger partial charge in [-0.15, -0.1) is 11.8 Å². The molecule has 0 radical (unpaired) electrons. The Balaban J connectivity index is 2.78. The molecule has 4 nitrogen and oxygen atoms in total. The van der Waals surface area contributed by atoms with Crippen LogP contribution in [0.1, 0.15) is 30.1 Å². The van der Waals surface area contributed by atoms with Crippen LogP contribution >= 0.6 is 11.8 Å². The Morgan fingerprint density at radius 1 is 1.56 bits per heavy atom. The Hall–Kier alpha value is -1.67. The van der Waals surface area contributed by atoms with E-state index in [1.807, 2.05) is 13.0 Å². The van der Waals surface area contributed by atoms with Crippen molar-refractivity contribution in [2.24, 2.45) is 0 Å². The number of hydrogen-bond donors (Lipinski definition) is 1. The second-order valence-corrected chi connectivity index (χ2v) is 4.75. The molecule has 1 aromatic rings. The number of hydrogen-bond acceptors (Lipinski definition) is 5. The molecule has 0 atom stereocenters. The summed E-state index contributed by atoms with van der Waals surface area (Å²) in [5.41, 5.74) is 6.76. The molecule has 0 bridgehead atoms. The Kier molecular flexibility index (Phi) is 6.09. The first kappa shape index (κ1) is 14.4. The van der Waals surface area contributed by atoms with Crippen LogP contribution in [0.25, 0.3) is 0 Å². The number of thioether (sulfide) groups is 1. The van der Waals surface area contributed by atoms with Crippen molar-refractivity contribution in [2.75, 3.05) is 18.1 Å². The van der Waals surface area contributed by atoms with Gasteiger partial charge in [-0.2, -0.15) is 5.26 Å². The maximum Gasteiger partial charge on any atom is 0.340 e. The largest absolute Gasteiger partial charge is 0.462 e. The van der Waals surface area contributed by atoms with Gasteiger partial charge in [-0.3, -0.25) is 0 Å². The zero-order valence-corrected chi connectivity index (χ0v) is 11.1. The van der Waals surface area contributed by atoms with Crippen LogP contribution < -0.4 is 5.73 Å². The molecule has 0 saturated carbocycles. The standard InChI is InChI=1S/C13H16N2O2S/c1-2-8-17-13(16)10-5-3-6-11(12(10)15)18-9-4-7-14/h3,5-6H,2,4,8-9,15H2,1H3. The SMILES string of the molecule is CCCOC(=O)c1cccc(SCCC#N)c1N. The average Bonchev–Trinajstić information content (AvgIpc) is 2.38. The van der Waals surface area contributed by atoms with Crippen LogP contribution in [0, 0.1) is 11.3 Å². The summed E-state index contributed by atoms with van der Waals surface area (Å²) in [6.07, 6.45) is 1.23. The Morgan fingerprint density at radius 3 is 3.00 bits per heavy atom. The minimum atomic E-state index is -0.392. The normalized spacial score (nSPS) is 9.78. The van der Waals surface area contributed by atoms with Crippen LogP contribution in [-0.4, -0.2) is 18.3 Å². The topological polar surface area (TPSA) is 76.1 Å². The predicted molar refractivity (Wildman–Crippen MR) is 72.4 cm³/mol. The summed E-state index contributed by atoms with van der Waals surface area (Å²) in [6.45, 7) is 2.33. The number of nitrogen functional groups attached to an aromatic ring is 1. The molecule has 18 heavy (non-hydrogen) atoms. The minimum Gasteiger partial charge on any atom is -0.462 e. The van der Waals surface area contributed by atoms with Crippen molar-refractivity contribution in [1.29, 1.82) is 5.26 Å². The highest BCUT2D eigenvalue weighted by atomic mass is 32.2. The van der Waals surface area contributed by atoms with Gasteiger partial charge in [0.05, 0.1) is 23.9 Å². The van der Waals surface area contributed by atoms with Gasteiger partial charge in [-0.1, -0.05) is 13.0 Å². The number of rotatable bonds is 6. The quantitative estimate of drug-likeness (QED) is 0.370. The highest BCUT2D eigenvalue weighted by molar-refractivity contribution is 7.99. The fourth-order valence-corrected chi connectivity index (χ4v) is 2.18. The first-order chi connectivity index (χ1) is 8.70. The Morgan fingerprint density at radius 2 is 2.33 bits per heavy atom. The van der Waals surface area contributed by atoms with Crippen LogP contribution in [0.2, 0.25) is 0 Å². The molecular weight excluding hydrogens is 248 g/mol. The third-order valence-electron chi connectivity index (χ3n) is 2.19. The number of nitriles is 1. The highest BCUT2D eigenvalue weighted by Crippen LogP contribution is 2.28. The van der Waals surface area contributed by atoms with E-state index in [2.05, 4.69) is 6.07 Å². The summed E-state index contributed by atoms with van der Waals surface area (Å²) in [6, 6.07) is 7.34. The van der Waals surface area contributed by atoms with E-state index in [0.717, 1.165) is 11.3 Å². The third-order valence-corrected chi connectivity index (χ3v) is 3.27. The average molecular weight is 264 g/mol. The summed E-state index contributed by atoms with van der Waals surface area (Å²) in [5.74, 6) is 0.269. The van der Waals surface area contributed by atoms with E-state index in [4.69, 9.17) is 15.7 Å². The molecule has 0 heterocycles. The summed E-state index contributed by atoms with van der Waals surface area (Å²) >= 11 is 1.47. The number of esters is 1. The fraction of sp³-hybridized carbons (Fsp3) is 0.385. The monoisotopic (exact) mass is 264 g/mol. The number of carbonyl (C=O) groups is 1. The van der Waals surface area contributed by atoms with Gasteiger partial charge in [-0.25, -0.2) is 4.79 Å². The number of nitrogens with zero attached hydrogens (tertiary/aromatic N) is 1. The van der Waals surface area contributed by atoms with E-state index in [1.165, 1.54) is 11.8 Å². The lowest BCUT2D eigenvalue weighted by molar-refractivity contribution is 0.0506. The summed E-state index contributed by atoms with van der Waals surface area (Å²) in [7, 11) is 0. The van der Waals surface area contributed by atoms with Gasteiger partial charge in [0.15, 0.2) is 0 Å². The molecule has 0 unspecified atom stereocenters. The molecule has 1 aromatic carbocycles. The maximum absolute atomic E-state index is 11.7. The lowest BCUT2D eigenvalue weighted by Gasteiger charge is -2.09. The molecule has 1 rings (SSSR count). The van der Waals surface area contributed by atoms with E-state index < -0.39 is 5.97 Å². The molecule has 0 aromatic heterocycles. The van der Waals surface area contributed by atoms with E-state index in [1.54, 1.807) is 12.1 Å². The zero-order chi connectivity index (χ0) is 13.4. The number of benzene rings is 1. The molecule has 0 amide bonds.